The molecule has 0 radical (unpaired) electrons. The Kier molecular flexibility index (Phi) is 5.07. The number of hydrogen-bond acceptors (Lipinski definition) is 3. The van der Waals surface area contributed by atoms with Crippen LogP contribution in [-0.4, -0.2) is 34.6 Å². The van der Waals surface area contributed by atoms with Crippen molar-refractivity contribution in [1.82, 2.24) is 0 Å². The molecule has 3 nitrogen and oxygen atoms in total. The highest BCUT2D eigenvalue weighted by Gasteiger charge is 2.52. The van der Waals surface area contributed by atoms with Crippen LogP contribution in [0.2, 0.25) is 0 Å². The highest BCUT2D eigenvalue weighted by molar-refractivity contribution is 5.02. The largest absolute Gasteiger partial charge is 0.393 e. The van der Waals surface area contributed by atoms with Crippen molar-refractivity contribution in [1.29, 1.82) is 0 Å². The van der Waals surface area contributed by atoms with Gasteiger partial charge in [0.2, 0.25) is 0 Å². The maximum Gasteiger partial charge on any atom is 0.0639 e. The van der Waals surface area contributed by atoms with E-state index in [0.717, 1.165) is 25.7 Å². The molecule has 0 aromatic heterocycles. The molecular weight excluding hydrogens is 264 g/mol. The average Bonchev–Trinajstić information content (AvgIpc) is 2.73. The summed E-state index contributed by atoms with van der Waals surface area (Å²) in [4.78, 5) is 0. The van der Waals surface area contributed by atoms with Gasteiger partial charge in [-0.05, 0) is 63.7 Å². The van der Waals surface area contributed by atoms with Gasteiger partial charge in [0, 0.05) is 5.92 Å². The predicted molar refractivity (Wildman–Crippen MR) is 85.1 cm³/mol. The van der Waals surface area contributed by atoms with Crippen LogP contribution in [0.1, 0.15) is 66.7 Å². The van der Waals surface area contributed by atoms with E-state index in [1.54, 1.807) is 0 Å². The topological polar surface area (TPSA) is 49.7 Å². The summed E-state index contributed by atoms with van der Waals surface area (Å²) in [6.45, 7) is 10.9. The summed E-state index contributed by atoms with van der Waals surface area (Å²) in [5, 5.41) is 20.3. The Hall–Kier alpha value is -0.120. The van der Waals surface area contributed by atoms with Gasteiger partial charge in [-0.25, -0.2) is 0 Å². The molecule has 0 amide bonds. The first-order valence-corrected chi connectivity index (χ1v) is 8.68. The van der Waals surface area contributed by atoms with Gasteiger partial charge in [-0.1, -0.05) is 20.3 Å². The Labute approximate surface area is 130 Å². The Balaban J connectivity index is 1.95. The summed E-state index contributed by atoms with van der Waals surface area (Å²) in [5.74, 6) is 1.11. The molecule has 0 spiro atoms. The van der Waals surface area contributed by atoms with Gasteiger partial charge in [-0.15, -0.1) is 0 Å². The van der Waals surface area contributed by atoms with Crippen LogP contribution in [0.5, 0.6) is 0 Å². The van der Waals surface area contributed by atoms with Crippen molar-refractivity contribution in [2.24, 2.45) is 23.2 Å². The SMILES string of the molecule is CC(OCC(C)C(C)(C)O)C1CCC2C(O)CCCC21C. The summed E-state index contributed by atoms with van der Waals surface area (Å²) >= 11 is 0. The van der Waals surface area contributed by atoms with Crippen LogP contribution in [0.25, 0.3) is 0 Å². The highest BCUT2D eigenvalue weighted by Crippen LogP contribution is 2.56. The van der Waals surface area contributed by atoms with Gasteiger partial charge in [0.05, 0.1) is 24.4 Å². The van der Waals surface area contributed by atoms with Gasteiger partial charge in [-0.3, -0.25) is 0 Å². The van der Waals surface area contributed by atoms with Crippen molar-refractivity contribution in [2.45, 2.75) is 84.5 Å². The van der Waals surface area contributed by atoms with Crippen LogP contribution in [0.4, 0.5) is 0 Å². The van der Waals surface area contributed by atoms with E-state index >= 15 is 0 Å². The molecule has 0 heterocycles. The molecule has 0 saturated heterocycles. The fourth-order valence-corrected chi connectivity index (χ4v) is 4.58. The minimum absolute atomic E-state index is 0.115. The zero-order chi connectivity index (χ0) is 15.8. The van der Waals surface area contributed by atoms with E-state index in [-0.39, 0.29) is 23.5 Å². The Morgan fingerprint density at radius 2 is 1.90 bits per heavy atom. The molecular formula is C18H34O3. The molecule has 124 valence electrons. The monoisotopic (exact) mass is 298 g/mol. The maximum absolute atomic E-state index is 10.3. The smallest absolute Gasteiger partial charge is 0.0639 e. The van der Waals surface area contributed by atoms with Gasteiger partial charge in [0.15, 0.2) is 0 Å². The zero-order valence-corrected chi connectivity index (χ0v) is 14.4. The average molecular weight is 298 g/mol. The van der Waals surface area contributed by atoms with Crippen molar-refractivity contribution < 1.29 is 14.9 Å². The molecule has 2 fully saturated rings. The molecule has 2 rings (SSSR count). The lowest BCUT2D eigenvalue weighted by Gasteiger charge is -2.45. The number of hydrogen-bond donors (Lipinski definition) is 2. The van der Waals surface area contributed by atoms with E-state index in [9.17, 15) is 10.2 Å². The molecule has 6 atom stereocenters. The zero-order valence-electron chi connectivity index (χ0n) is 14.4. The third-order valence-electron chi connectivity index (χ3n) is 6.54. The number of aliphatic hydroxyl groups excluding tert-OH is 1. The molecule has 21 heavy (non-hydrogen) atoms. The number of rotatable bonds is 5. The first-order valence-electron chi connectivity index (χ1n) is 8.68. The third-order valence-corrected chi connectivity index (χ3v) is 6.54. The van der Waals surface area contributed by atoms with Crippen molar-refractivity contribution >= 4 is 0 Å². The maximum atomic E-state index is 10.3. The fourth-order valence-electron chi connectivity index (χ4n) is 4.58. The Bertz CT molecular complexity index is 349. The molecule has 2 saturated carbocycles. The normalized spacial score (nSPS) is 39.9. The molecule has 2 N–H and O–H groups in total. The quantitative estimate of drug-likeness (QED) is 0.818. The Morgan fingerprint density at radius 3 is 2.52 bits per heavy atom. The number of aliphatic hydroxyl groups is 2. The van der Waals surface area contributed by atoms with Crippen LogP contribution < -0.4 is 0 Å². The van der Waals surface area contributed by atoms with E-state index in [2.05, 4.69) is 13.8 Å². The second kappa shape index (κ2) is 6.17. The van der Waals surface area contributed by atoms with Crippen LogP contribution in [-0.2, 0) is 4.74 Å². The van der Waals surface area contributed by atoms with Crippen molar-refractivity contribution in [3.63, 3.8) is 0 Å². The van der Waals surface area contributed by atoms with Gasteiger partial charge in [-0.2, -0.15) is 0 Å². The van der Waals surface area contributed by atoms with Crippen LogP contribution in [0, 0.1) is 23.2 Å². The molecule has 3 heteroatoms. The van der Waals surface area contributed by atoms with Gasteiger partial charge in [0.25, 0.3) is 0 Å². The second-order valence-electron chi connectivity index (χ2n) is 8.35. The van der Waals surface area contributed by atoms with Crippen molar-refractivity contribution in [3.05, 3.63) is 0 Å². The summed E-state index contributed by atoms with van der Waals surface area (Å²) in [6.07, 6.45) is 5.71. The standard InChI is InChI=1S/C18H34O3/c1-12(17(3,4)20)11-21-13(2)14-8-9-15-16(19)7-6-10-18(14,15)5/h12-16,19-20H,6-11H2,1-5H3. The highest BCUT2D eigenvalue weighted by atomic mass is 16.5. The lowest BCUT2D eigenvalue weighted by Crippen LogP contribution is -2.43. The van der Waals surface area contributed by atoms with E-state index in [0.29, 0.717) is 18.4 Å². The van der Waals surface area contributed by atoms with Crippen molar-refractivity contribution in [2.75, 3.05) is 6.61 Å². The molecule has 0 aliphatic heterocycles. The minimum Gasteiger partial charge on any atom is -0.393 e. The minimum atomic E-state index is -0.692. The Morgan fingerprint density at radius 1 is 1.24 bits per heavy atom. The molecule has 6 unspecified atom stereocenters. The lowest BCUT2D eigenvalue weighted by atomic mass is 9.63. The first kappa shape index (κ1) is 17.2. The van der Waals surface area contributed by atoms with Crippen LogP contribution in [0.3, 0.4) is 0 Å². The predicted octanol–water partition coefficient (Wildman–Crippen LogP) is 3.38. The van der Waals surface area contributed by atoms with E-state index in [4.69, 9.17) is 4.74 Å². The first-order chi connectivity index (χ1) is 9.66. The van der Waals surface area contributed by atoms with E-state index in [1.165, 1.54) is 6.42 Å². The van der Waals surface area contributed by atoms with Gasteiger partial charge in [0.1, 0.15) is 0 Å². The van der Waals surface area contributed by atoms with Crippen LogP contribution in [0.15, 0.2) is 0 Å². The fraction of sp³-hybridized carbons (Fsp3) is 1.00. The third kappa shape index (κ3) is 3.46. The van der Waals surface area contributed by atoms with E-state index < -0.39 is 5.60 Å². The number of ether oxygens (including phenoxy) is 1. The summed E-state index contributed by atoms with van der Waals surface area (Å²) in [7, 11) is 0. The molecule has 0 bridgehead atoms. The summed E-state index contributed by atoms with van der Waals surface area (Å²) in [6, 6.07) is 0. The molecule has 2 aliphatic carbocycles. The molecule has 0 aromatic rings. The number of fused-ring (bicyclic) bond motifs is 1. The lowest BCUT2D eigenvalue weighted by molar-refractivity contribution is -0.0877. The van der Waals surface area contributed by atoms with Gasteiger partial charge >= 0.3 is 0 Å². The van der Waals surface area contributed by atoms with Crippen molar-refractivity contribution in [3.8, 4) is 0 Å². The molecule has 2 aliphatic rings. The van der Waals surface area contributed by atoms with E-state index in [1.807, 2.05) is 20.8 Å². The summed E-state index contributed by atoms with van der Waals surface area (Å²) < 4.78 is 6.12. The molecule has 0 aromatic carbocycles. The second-order valence-corrected chi connectivity index (χ2v) is 8.35. The summed E-state index contributed by atoms with van der Waals surface area (Å²) in [5.41, 5.74) is -0.460. The van der Waals surface area contributed by atoms with Gasteiger partial charge < -0.3 is 14.9 Å². The van der Waals surface area contributed by atoms with Crippen LogP contribution >= 0.6 is 0 Å².